The van der Waals surface area contributed by atoms with Gasteiger partial charge in [0.25, 0.3) is 5.56 Å². The van der Waals surface area contributed by atoms with Gasteiger partial charge in [-0.05, 0) is 43.0 Å². The smallest absolute Gasteiger partial charge is 0.267 e. The van der Waals surface area contributed by atoms with E-state index in [-0.39, 0.29) is 22.8 Å². The molecule has 0 saturated carbocycles. The maximum Gasteiger partial charge on any atom is 0.267 e. The summed E-state index contributed by atoms with van der Waals surface area (Å²) in [6.45, 7) is 11.0. The molecule has 0 bridgehead atoms. The molecule has 0 N–H and O–H groups in total. The Morgan fingerprint density at radius 2 is 2.00 bits per heavy atom. The Morgan fingerprint density at radius 3 is 2.71 bits per heavy atom. The lowest BCUT2D eigenvalue weighted by Gasteiger charge is -2.29. The van der Waals surface area contributed by atoms with E-state index < -0.39 is 0 Å². The molecule has 1 saturated heterocycles. The van der Waals surface area contributed by atoms with Crippen LogP contribution in [0.25, 0.3) is 15.9 Å². The number of ether oxygens (including phenoxy) is 2. The maximum absolute atomic E-state index is 14.1. The predicted octanol–water partition coefficient (Wildman–Crippen LogP) is 4.19. The first-order valence-electron chi connectivity index (χ1n) is 12.1. The number of amides is 1. The van der Waals surface area contributed by atoms with Crippen LogP contribution in [0.3, 0.4) is 0 Å². The van der Waals surface area contributed by atoms with Crippen LogP contribution < -0.4 is 5.56 Å². The molecule has 2 atom stereocenters. The number of hydrogen-bond donors (Lipinski definition) is 0. The molecule has 7 nitrogen and oxygen atoms in total. The Kier molecular flexibility index (Phi) is 7.03. The van der Waals surface area contributed by atoms with Crippen molar-refractivity contribution in [1.82, 2.24) is 14.5 Å². The Balaban J connectivity index is 1.61. The van der Waals surface area contributed by atoms with Crippen molar-refractivity contribution in [3.8, 4) is 5.69 Å². The minimum atomic E-state index is -0.378. The van der Waals surface area contributed by atoms with Crippen molar-refractivity contribution in [2.45, 2.75) is 57.2 Å². The highest BCUT2D eigenvalue weighted by atomic mass is 32.2. The lowest BCUT2D eigenvalue weighted by Crippen LogP contribution is -2.44. The molecule has 2 aromatic heterocycles. The van der Waals surface area contributed by atoms with Crippen molar-refractivity contribution in [1.29, 1.82) is 0 Å². The minimum absolute atomic E-state index is 0.0436. The fourth-order valence-electron chi connectivity index (χ4n) is 4.66. The summed E-state index contributed by atoms with van der Waals surface area (Å²) in [7, 11) is 0. The van der Waals surface area contributed by atoms with Gasteiger partial charge in [0.1, 0.15) is 4.83 Å². The predicted molar refractivity (Wildman–Crippen MR) is 140 cm³/mol. The third kappa shape index (κ3) is 4.79. The third-order valence-electron chi connectivity index (χ3n) is 6.67. The lowest BCUT2D eigenvalue weighted by atomic mass is 9.96. The molecule has 1 aromatic carbocycles. The lowest BCUT2D eigenvalue weighted by molar-refractivity contribution is -0.134. The average Bonchev–Trinajstić information content (AvgIpc) is 3.22. The van der Waals surface area contributed by atoms with E-state index in [1.165, 1.54) is 23.1 Å². The van der Waals surface area contributed by atoms with Crippen LogP contribution in [0.1, 0.15) is 36.8 Å². The number of carbonyl (C=O) groups excluding carboxylic acids is 1. The summed E-state index contributed by atoms with van der Waals surface area (Å²) in [6, 6.07) is 7.88. The molecule has 3 aromatic rings. The summed E-state index contributed by atoms with van der Waals surface area (Å²) in [6.07, 6.45) is 0.809. The van der Waals surface area contributed by atoms with Gasteiger partial charge >= 0.3 is 0 Å². The molecule has 0 spiro atoms. The Bertz CT molecular complexity index is 1310. The molecule has 0 unspecified atom stereocenters. The number of aryl methyl sites for hydroxylation is 1. The average molecular weight is 514 g/mol. The van der Waals surface area contributed by atoms with Gasteiger partial charge in [-0.3, -0.25) is 14.2 Å². The summed E-state index contributed by atoms with van der Waals surface area (Å²) in [5.41, 5.74) is 2.83. The van der Waals surface area contributed by atoms with Crippen LogP contribution in [0.5, 0.6) is 0 Å². The second kappa shape index (κ2) is 10.0. The number of carbonyl (C=O) groups is 1. The molecule has 5 rings (SSSR count). The van der Waals surface area contributed by atoms with Gasteiger partial charge in [-0.2, -0.15) is 0 Å². The number of hydrogen-bond acceptors (Lipinski definition) is 7. The molecule has 2 aliphatic rings. The van der Waals surface area contributed by atoms with Crippen molar-refractivity contribution in [2.75, 3.05) is 26.3 Å². The summed E-state index contributed by atoms with van der Waals surface area (Å²) >= 11 is 2.89. The van der Waals surface area contributed by atoms with Crippen LogP contribution in [-0.2, 0) is 27.3 Å². The maximum atomic E-state index is 14.1. The number of thiophene rings is 1. The van der Waals surface area contributed by atoms with E-state index in [1.54, 1.807) is 4.57 Å². The largest absolute Gasteiger partial charge is 0.378 e. The molecule has 1 fully saturated rings. The van der Waals surface area contributed by atoms with Gasteiger partial charge in [-0.15, -0.1) is 11.3 Å². The summed E-state index contributed by atoms with van der Waals surface area (Å²) in [5.74, 6) is 0.411. The standard InChI is InChI=1S/C26H31N3O4S2/c1-15(2)20-13-19-21(14-33-20)35-23-22(19)25(31)29(18-7-5-6-16(3)12-18)26(27-23)34-17(4)24(30)28-8-10-32-11-9-28/h5-7,12,15,17,20H,8-11,13-14H2,1-4H3/t17-,20+/m1/s1. The minimum Gasteiger partial charge on any atom is -0.378 e. The van der Waals surface area contributed by atoms with E-state index in [1.807, 2.05) is 43.0 Å². The van der Waals surface area contributed by atoms with E-state index >= 15 is 0 Å². The SMILES string of the molecule is Cc1cccc(-n2c(S[C@H](C)C(=O)N3CCOCC3)nc3sc4c(c3c2=O)C[C@@H](C(C)C)OC4)c1. The number of morpholine rings is 1. The van der Waals surface area contributed by atoms with E-state index in [0.29, 0.717) is 49.4 Å². The van der Waals surface area contributed by atoms with E-state index in [4.69, 9.17) is 14.5 Å². The van der Waals surface area contributed by atoms with Crippen LogP contribution in [0.2, 0.25) is 0 Å². The second-order valence-corrected chi connectivity index (χ2v) is 11.9. The summed E-state index contributed by atoms with van der Waals surface area (Å²) in [5, 5.41) is 0.857. The molecule has 0 aliphatic carbocycles. The quantitative estimate of drug-likeness (QED) is 0.376. The van der Waals surface area contributed by atoms with Crippen LogP contribution >= 0.6 is 23.1 Å². The Morgan fingerprint density at radius 1 is 1.23 bits per heavy atom. The highest BCUT2D eigenvalue weighted by Gasteiger charge is 2.30. The summed E-state index contributed by atoms with van der Waals surface area (Å²) in [4.78, 5) is 35.8. The molecule has 35 heavy (non-hydrogen) atoms. The highest BCUT2D eigenvalue weighted by molar-refractivity contribution is 8.00. The first-order valence-corrected chi connectivity index (χ1v) is 13.8. The van der Waals surface area contributed by atoms with Gasteiger partial charge in [0.15, 0.2) is 5.16 Å². The number of aromatic nitrogens is 2. The zero-order valence-corrected chi connectivity index (χ0v) is 22.2. The van der Waals surface area contributed by atoms with Crippen molar-refractivity contribution in [3.05, 3.63) is 50.6 Å². The second-order valence-electron chi connectivity index (χ2n) is 9.55. The van der Waals surface area contributed by atoms with Crippen molar-refractivity contribution < 1.29 is 14.3 Å². The van der Waals surface area contributed by atoms with Crippen LogP contribution in [0, 0.1) is 12.8 Å². The zero-order valence-electron chi connectivity index (χ0n) is 20.6. The molecule has 2 aliphatic heterocycles. The summed E-state index contributed by atoms with van der Waals surface area (Å²) < 4.78 is 13.2. The van der Waals surface area contributed by atoms with Crippen LogP contribution in [0.4, 0.5) is 0 Å². The van der Waals surface area contributed by atoms with Gasteiger partial charge < -0.3 is 14.4 Å². The molecule has 1 amide bonds. The van der Waals surface area contributed by atoms with Gasteiger partial charge in [0.2, 0.25) is 5.91 Å². The number of thioether (sulfide) groups is 1. The monoisotopic (exact) mass is 513 g/mol. The van der Waals surface area contributed by atoms with Crippen molar-refractivity contribution >= 4 is 39.2 Å². The van der Waals surface area contributed by atoms with E-state index in [9.17, 15) is 9.59 Å². The fourth-order valence-corrected chi connectivity index (χ4v) is 6.83. The fraction of sp³-hybridized carbons (Fsp3) is 0.500. The number of nitrogens with zero attached hydrogens (tertiary/aromatic N) is 3. The van der Waals surface area contributed by atoms with E-state index in [0.717, 1.165) is 32.9 Å². The number of fused-ring (bicyclic) bond motifs is 3. The number of rotatable bonds is 5. The Labute approximate surface area is 213 Å². The van der Waals surface area contributed by atoms with Crippen molar-refractivity contribution in [3.63, 3.8) is 0 Å². The molecular weight excluding hydrogens is 482 g/mol. The van der Waals surface area contributed by atoms with Crippen molar-refractivity contribution in [2.24, 2.45) is 5.92 Å². The molecule has 186 valence electrons. The normalized spacial score (nSPS) is 19.2. The zero-order chi connectivity index (χ0) is 24.7. The Hall–Kier alpha value is -2.20. The molecule has 4 heterocycles. The third-order valence-corrected chi connectivity index (χ3v) is 8.81. The van der Waals surface area contributed by atoms with Gasteiger partial charge in [0, 0.05) is 24.4 Å². The molecule has 0 radical (unpaired) electrons. The van der Waals surface area contributed by atoms with Gasteiger partial charge in [-0.25, -0.2) is 4.98 Å². The first-order chi connectivity index (χ1) is 16.8. The van der Waals surface area contributed by atoms with Crippen LogP contribution in [-0.4, -0.2) is 58.0 Å². The van der Waals surface area contributed by atoms with Crippen LogP contribution in [0.15, 0.2) is 34.2 Å². The van der Waals surface area contributed by atoms with Gasteiger partial charge in [0.05, 0.1) is 42.2 Å². The van der Waals surface area contributed by atoms with Gasteiger partial charge in [-0.1, -0.05) is 37.7 Å². The van der Waals surface area contributed by atoms with E-state index in [2.05, 4.69) is 13.8 Å². The number of benzene rings is 1. The molecule has 9 heteroatoms. The highest BCUT2D eigenvalue weighted by Crippen LogP contribution is 2.37. The topological polar surface area (TPSA) is 73.7 Å². The molecular formula is C26H31N3O4S2. The first kappa shape index (κ1) is 24.5.